The third-order valence-electron chi connectivity index (χ3n) is 1.34. The molecule has 0 aromatic heterocycles. The fraction of sp³-hybridized carbons (Fsp3) is 0.571. The second-order valence-corrected chi connectivity index (χ2v) is 2.58. The number of carbonyl (C=O) groups is 3. The quantitative estimate of drug-likeness (QED) is 0.371. The van der Waals surface area contributed by atoms with E-state index in [1.807, 2.05) is 0 Å². The van der Waals surface area contributed by atoms with Crippen LogP contribution in [0.2, 0.25) is 0 Å². The number of nitrogens with one attached hydrogen (secondary N) is 1. The first-order valence-corrected chi connectivity index (χ1v) is 3.82. The lowest BCUT2D eigenvalue weighted by atomic mass is 10.0. The van der Waals surface area contributed by atoms with Gasteiger partial charge in [0, 0.05) is 6.42 Å². The highest BCUT2D eigenvalue weighted by Gasteiger charge is 2.05. The molecule has 1 amide bonds. The van der Waals surface area contributed by atoms with E-state index in [9.17, 15) is 14.4 Å². The summed E-state index contributed by atoms with van der Waals surface area (Å²) in [5.74, 6) is -0.337. The van der Waals surface area contributed by atoms with Gasteiger partial charge >= 0.3 is 0 Å². The van der Waals surface area contributed by atoms with Crippen molar-refractivity contribution < 1.29 is 14.4 Å². The predicted octanol–water partition coefficient (Wildman–Crippen LogP) is -1.90. The highest BCUT2D eigenvalue weighted by atomic mass is 16.2. The van der Waals surface area contributed by atoms with Gasteiger partial charge in [0.2, 0.25) is 5.91 Å². The molecule has 0 saturated heterocycles. The Hall–Kier alpha value is -1.17. The Balaban J connectivity index is 3.51. The van der Waals surface area contributed by atoms with Crippen molar-refractivity contribution in [3.05, 3.63) is 0 Å². The number of hydrogen-bond acceptors (Lipinski definition) is 4. The molecule has 5 nitrogen and oxygen atoms in total. The first-order chi connectivity index (χ1) is 6.06. The second kappa shape index (κ2) is 6.36. The smallest absolute Gasteiger partial charge is 0.220 e. The lowest BCUT2D eigenvalue weighted by Gasteiger charge is -2.04. The zero-order valence-corrected chi connectivity index (χ0v) is 7.16. The van der Waals surface area contributed by atoms with Crippen molar-refractivity contribution in [1.29, 1.82) is 0 Å². The summed E-state index contributed by atoms with van der Waals surface area (Å²) in [6, 6.07) is -0.626. The van der Waals surface area contributed by atoms with E-state index in [0.717, 1.165) is 0 Å². The number of aldehydes is 1. The van der Waals surface area contributed by atoms with Crippen molar-refractivity contribution >= 4 is 25.7 Å². The van der Waals surface area contributed by atoms with Gasteiger partial charge in [0.1, 0.15) is 6.29 Å². The summed E-state index contributed by atoms with van der Waals surface area (Å²) in [5, 5.41) is 2.28. The molecule has 2 radical (unpaired) electrons. The van der Waals surface area contributed by atoms with E-state index in [1.165, 1.54) is 0 Å². The molecule has 0 rings (SSSR count). The van der Waals surface area contributed by atoms with Crippen LogP contribution in [0, 0.1) is 0 Å². The first kappa shape index (κ1) is 11.8. The van der Waals surface area contributed by atoms with Gasteiger partial charge in [0.05, 0.1) is 18.3 Å². The third kappa shape index (κ3) is 7.20. The maximum absolute atomic E-state index is 10.9. The molecule has 0 aromatic carbocycles. The van der Waals surface area contributed by atoms with E-state index in [4.69, 9.17) is 13.6 Å². The molecule has 70 valence electrons. The van der Waals surface area contributed by atoms with Gasteiger partial charge in [-0.05, 0) is 6.42 Å². The zero-order valence-electron chi connectivity index (χ0n) is 7.16. The van der Waals surface area contributed by atoms with Crippen molar-refractivity contribution in [2.24, 2.45) is 5.73 Å². The van der Waals surface area contributed by atoms with Crippen LogP contribution in [-0.2, 0) is 14.4 Å². The molecule has 0 aromatic rings. The Morgan fingerprint density at radius 2 is 2.15 bits per heavy atom. The number of amides is 1. The maximum Gasteiger partial charge on any atom is 0.220 e. The molecule has 1 unspecified atom stereocenters. The predicted molar refractivity (Wildman–Crippen MR) is 47.0 cm³/mol. The number of nitrogens with two attached hydrogens (primary N) is 1. The molecule has 0 spiro atoms. The SMILES string of the molecule is [B]C(=O)CNC(=O)CCC(N)C=O. The van der Waals surface area contributed by atoms with Gasteiger partial charge < -0.3 is 20.6 Å². The van der Waals surface area contributed by atoms with Crippen LogP contribution in [0.4, 0.5) is 0 Å². The lowest BCUT2D eigenvalue weighted by molar-refractivity contribution is -0.123. The zero-order chi connectivity index (χ0) is 10.3. The van der Waals surface area contributed by atoms with Crippen LogP contribution >= 0.6 is 0 Å². The third-order valence-corrected chi connectivity index (χ3v) is 1.34. The summed E-state index contributed by atoms with van der Waals surface area (Å²) in [5.41, 5.74) is 4.63. The van der Waals surface area contributed by atoms with Gasteiger partial charge in [-0.3, -0.25) is 4.79 Å². The Morgan fingerprint density at radius 1 is 1.54 bits per heavy atom. The van der Waals surface area contributed by atoms with Crippen molar-refractivity contribution in [1.82, 2.24) is 5.32 Å². The van der Waals surface area contributed by atoms with Crippen LogP contribution in [0.5, 0.6) is 0 Å². The minimum Gasteiger partial charge on any atom is -0.350 e. The van der Waals surface area contributed by atoms with Crippen LogP contribution in [-0.4, -0.2) is 38.3 Å². The summed E-state index contributed by atoms with van der Waals surface area (Å²) < 4.78 is 0. The van der Waals surface area contributed by atoms with Crippen molar-refractivity contribution in [2.75, 3.05) is 6.54 Å². The molecule has 0 aliphatic rings. The average Bonchev–Trinajstić information content (AvgIpc) is 2.10. The molecular formula is C7H11BN2O3. The molecule has 3 N–H and O–H groups in total. The molecule has 0 heterocycles. The molecule has 0 saturated carbocycles. The standard InChI is InChI=1S/C7H11BN2O3/c8-6(12)3-10-7(13)2-1-5(9)4-11/h4-5H,1-3,9H2,(H,10,13). The largest absolute Gasteiger partial charge is 0.350 e. The van der Waals surface area contributed by atoms with Gasteiger partial charge in [-0.25, -0.2) is 0 Å². The van der Waals surface area contributed by atoms with Crippen LogP contribution in [0.3, 0.4) is 0 Å². The lowest BCUT2D eigenvalue weighted by Crippen LogP contribution is -2.31. The van der Waals surface area contributed by atoms with Crippen molar-refractivity contribution in [3.63, 3.8) is 0 Å². The van der Waals surface area contributed by atoms with Crippen LogP contribution in [0.1, 0.15) is 12.8 Å². The van der Waals surface area contributed by atoms with Gasteiger partial charge in [0.25, 0.3) is 0 Å². The summed E-state index contributed by atoms with van der Waals surface area (Å²) in [4.78, 5) is 31.2. The molecule has 0 bridgehead atoms. The van der Waals surface area contributed by atoms with E-state index in [1.54, 1.807) is 0 Å². The topological polar surface area (TPSA) is 89.3 Å². The van der Waals surface area contributed by atoms with Crippen LogP contribution in [0.15, 0.2) is 0 Å². The summed E-state index contributed by atoms with van der Waals surface area (Å²) in [7, 11) is 4.79. The minimum atomic E-state index is -0.626. The minimum absolute atomic E-state index is 0.118. The Kier molecular flexibility index (Phi) is 5.79. The molecule has 0 fully saturated rings. The Labute approximate surface area is 77.5 Å². The van der Waals surface area contributed by atoms with E-state index < -0.39 is 11.7 Å². The summed E-state index contributed by atoms with van der Waals surface area (Å²) >= 11 is 0. The van der Waals surface area contributed by atoms with Gasteiger partial charge in [-0.2, -0.15) is 0 Å². The van der Waals surface area contributed by atoms with Gasteiger partial charge in [0.15, 0.2) is 7.85 Å². The van der Waals surface area contributed by atoms with Gasteiger partial charge in [-0.15, -0.1) is 0 Å². The average molecular weight is 182 g/mol. The summed E-state index contributed by atoms with van der Waals surface area (Å²) in [6.45, 7) is -0.185. The Morgan fingerprint density at radius 3 is 2.62 bits per heavy atom. The van der Waals surface area contributed by atoms with Crippen LogP contribution < -0.4 is 11.1 Å². The van der Waals surface area contributed by atoms with E-state index in [2.05, 4.69) is 5.32 Å². The number of hydrogen-bond donors (Lipinski definition) is 2. The van der Waals surface area contributed by atoms with Crippen LogP contribution in [0.25, 0.3) is 0 Å². The normalized spacial score (nSPS) is 11.8. The molecule has 1 atom stereocenters. The highest BCUT2D eigenvalue weighted by Crippen LogP contribution is 1.91. The molecule has 6 heteroatoms. The second-order valence-electron chi connectivity index (χ2n) is 2.58. The van der Waals surface area contributed by atoms with Gasteiger partial charge in [-0.1, -0.05) is 0 Å². The van der Waals surface area contributed by atoms with E-state index >= 15 is 0 Å². The number of rotatable bonds is 6. The van der Waals surface area contributed by atoms with E-state index in [-0.39, 0.29) is 25.3 Å². The van der Waals surface area contributed by atoms with E-state index in [0.29, 0.717) is 6.29 Å². The highest BCUT2D eigenvalue weighted by molar-refractivity contribution is 6.58. The molecule has 0 aliphatic carbocycles. The van der Waals surface area contributed by atoms with Crippen molar-refractivity contribution in [2.45, 2.75) is 18.9 Å². The molecular weight excluding hydrogens is 171 g/mol. The van der Waals surface area contributed by atoms with Crippen molar-refractivity contribution in [3.8, 4) is 0 Å². The fourth-order valence-electron chi connectivity index (χ4n) is 0.640. The first-order valence-electron chi connectivity index (χ1n) is 3.82. The summed E-state index contributed by atoms with van der Waals surface area (Å²) in [6.07, 6.45) is 0.961. The maximum atomic E-state index is 10.9. The Bertz CT molecular complexity index is 208. The monoisotopic (exact) mass is 182 g/mol. The molecule has 0 aliphatic heterocycles. The molecule has 13 heavy (non-hydrogen) atoms. The fourth-order valence-corrected chi connectivity index (χ4v) is 0.640. The number of carbonyl (C=O) groups excluding carboxylic acids is 3.